The zero-order valence-electron chi connectivity index (χ0n) is 15.9. The average molecular weight is 433 g/mol. The quantitative estimate of drug-likeness (QED) is 0.341. The maximum absolute atomic E-state index is 11.9. The molecule has 0 amide bonds. The fourth-order valence-corrected chi connectivity index (χ4v) is 3.97. The summed E-state index contributed by atoms with van der Waals surface area (Å²) in [6.45, 7) is 14.7. The van der Waals surface area contributed by atoms with Crippen molar-refractivity contribution in [1.29, 1.82) is 0 Å². The molecule has 9 heteroatoms. The van der Waals surface area contributed by atoms with Crippen LogP contribution in [0.2, 0.25) is 18.1 Å². The Hall–Kier alpha value is -0.0131. The van der Waals surface area contributed by atoms with E-state index in [9.17, 15) is 4.79 Å². The molecule has 0 bridgehead atoms. The van der Waals surface area contributed by atoms with E-state index in [0.717, 1.165) is 0 Å². The summed E-state index contributed by atoms with van der Waals surface area (Å²) in [5.74, 6) is -0.377. The number of alkyl halides is 3. The van der Waals surface area contributed by atoms with E-state index < -0.39 is 24.3 Å². The highest BCUT2D eigenvalue weighted by molar-refractivity contribution is 6.76. The molecule has 0 aromatic rings. The van der Waals surface area contributed by atoms with Gasteiger partial charge in [0.15, 0.2) is 8.32 Å². The SMILES string of the molecule is CCOC(=O)C[C@H]1N=C(C(Cl)(Cl)Cl)O[C@@H]1[C@@H](C)O[Si](C)(C)C(C)(C)C. The van der Waals surface area contributed by atoms with Gasteiger partial charge < -0.3 is 13.9 Å². The van der Waals surface area contributed by atoms with Gasteiger partial charge in [-0.1, -0.05) is 55.6 Å². The summed E-state index contributed by atoms with van der Waals surface area (Å²) in [5, 5.41) is 0.0371. The lowest BCUT2D eigenvalue weighted by molar-refractivity contribution is -0.144. The van der Waals surface area contributed by atoms with Crippen molar-refractivity contribution >= 4 is 55.0 Å². The van der Waals surface area contributed by atoms with Crippen LogP contribution in [0.3, 0.4) is 0 Å². The van der Waals surface area contributed by atoms with Gasteiger partial charge in [0.25, 0.3) is 3.79 Å². The molecule has 0 saturated carbocycles. The predicted octanol–water partition coefficient (Wildman–Crippen LogP) is 4.89. The molecular formula is C16H28Cl3NO4Si. The molecule has 0 spiro atoms. The largest absolute Gasteiger partial charge is 0.470 e. The summed E-state index contributed by atoms with van der Waals surface area (Å²) in [5.41, 5.74) is 0. The van der Waals surface area contributed by atoms with Gasteiger partial charge in [-0.2, -0.15) is 0 Å². The number of aliphatic imine (C=N–C) groups is 1. The van der Waals surface area contributed by atoms with E-state index in [-0.39, 0.29) is 29.4 Å². The lowest BCUT2D eigenvalue weighted by atomic mass is 10.0. The molecular weight excluding hydrogens is 405 g/mol. The highest BCUT2D eigenvalue weighted by atomic mass is 35.6. The molecule has 0 fully saturated rings. The van der Waals surface area contributed by atoms with Crippen LogP contribution in [0.15, 0.2) is 4.99 Å². The van der Waals surface area contributed by atoms with Gasteiger partial charge in [-0.3, -0.25) is 4.79 Å². The Morgan fingerprint density at radius 3 is 2.32 bits per heavy atom. The van der Waals surface area contributed by atoms with Gasteiger partial charge in [0.2, 0.25) is 5.90 Å². The second kappa shape index (κ2) is 8.34. The fourth-order valence-electron chi connectivity index (χ4n) is 2.27. The van der Waals surface area contributed by atoms with Crippen molar-refractivity contribution < 1.29 is 18.7 Å². The van der Waals surface area contributed by atoms with Crippen LogP contribution in [0, 0.1) is 0 Å². The third-order valence-electron chi connectivity index (χ3n) is 4.58. The summed E-state index contributed by atoms with van der Waals surface area (Å²) in [6.07, 6.45) is -0.772. The van der Waals surface area contributed by atoms with Gasteiger partial charge in [-0.15, -0.1) is 0 Å². The van der Waals surface area contributed by atoms with E-state index in [1.54, 1.807) is 6.92 Å². The summed E-state index contributed by atoms with van der Waals surface area (Å²) in [6, 6.07) is -0.510. The Kier molecular flexibility index (Phi) is 7.68. The Balaban J connectivity index is 2.96. The van der Waals surface area contributed by atoms with E-state index in [1.807, 2.05) is 6.92 Å². The number of hydrogen-bond acceptors (Lipinski definition) is 5. The monoisotopic (exact) mass is 431 g/mol. The number of nitrogens with zero attached hydrogens (tertiary/aromatic N) is 1. The van der Waals surface area contributed by atoms with E-state index in [0.29, 0.717) is 6.61 Å². The Bertz CT molecular complexity index is 514. The lowest BCUT2D eigenvalue weighted by Gasteiger charge is -2.40. The highest BCUT2D eigenvalue weighted by Gasteiger charge is 2.47. The number of esters is 1. The van der Waals surface area contributed by atoms with Gasteiger partial charge in [0.05, 0.1) is 19.1 Å². The molecule has 1 heterocycles. The minimum Gasteiger partial charge on any atom is -0.470 e. The molecule has 146 valence electrons. The van der Waals surface area contributed by atoms with Crippen LogP contribution in [-0.4, -0.2) is 48.8 Å². The Morgan fingerprint density at radius 1 is 1.32 bits per heavy atom. The number of carbonyl (C=O) groups excluding carboxylic acids is 1. The van der Waals surface area contributed by atoms with E-state index >= 15 is 0 Å². The van der Waals surface area contributed by atoms with Crippen LogP contribution in [0.25, 0.3) is 0 Å². The van der Waals surface area contributed by atoms with E-state index in [2.05, 4.69) is 38.9 Å². The van der Waals surface area contributed by atoms with E-state index in [4.69, 9.17) is 48.7 Å². The number of halogens is 3. The van der Waals surface area contributed by atoms with Crippen LogP contribution in [0.5, 0.6) is 0 Å². The second-order valence-electron chi connectivity index (χ2n) is 7.67. The van der Waals surface area contributed by atoms with Crippen LogP contribution < -0.4 is 0 Å². The number of carbonyl (C=O) groups is 1. The summed E-state index contributed by atoms with van der Waals surface area (Å²) >= 11 is 17.7. The first-order valence-electron chi connectivity index (χ1n) is 8.34. The van der Waals surface area contributed by atoms with E-state index in [1.165, 1.54) is 0 Å². The zero-order chi connectivity index (χ0) is 19.6. The number of rotatable bonds is 6. The highest BCUT2D eigenvalue weighted by Crippen LogP contribution is 2.40. The second-order valence-corrected chi connectivity index (χ2v) is 14.7. The van der Waals surface area contributed by atoms with Crippen LogP contribution in [0.1, 0.15) is 41.0 Å². The molecule has 3 atom stereocenters. The molecule has 1 aliphatic heterocycles. The van der Waals surface area contributed by atoms with Crippen molar-refractivity contribution in [2.45, 2.75) is 81.2 Å². The smallest absolute Gasteiger partial charge is 0.308 e. The first-order valence-corrected chi connectivity index (χ1v) is 12.4. The Morgan fingerprint density at radius 2 is 1.88 bits per heavy atom. The van der Waals surface area contributed by atoms with Gasteiger partial charge in [-0.05, 0) is 32.0 Å². The summed E-state index contributed by atoms with van der Waals surface area (Å²) in [4.78, 5) is 16.2. The van der Waals surface area contributed by atoms with Crippen molar-refractivity contribution in [3.8, 4) is 0 Å². The molecule has 0 saturated heterocycles. The molecule has 0 unspecified atom stereocenters. The predicted molar refractivity (Wildman–Crippen MR) is 105 cm³/mol. The maximum Gasteiger partial charge on any atom is 0.308 e. The first kappa shape index (κ1) is 23.0. The third kappa shape index (κ3) is 6.28. The molecule has 5 nitrogen and oxygen atoms in total. The van der Waals surface area contributed by atoms with Gasteiger partial charge >= 0.3 is 5.97 Å². The minimum absolute atomic E-state index is 0.0116. The third-order valence-corrected chi connectivity index (χ3v) is 9.64. The first-order chi connectivity index (χ1) is 11.2. The molecule has 0 radical (unpaired) electrons. The van der Waals surface area contributed by atoms with Gasteiger partial charge in [-0.25, -0.2) is 4.99 Å². The van der Waals surface area contributed by atoms with Crippen molar-refractivity contribution in [2.24, 2.45) is 4.99 Å². The average Bonchev–Trinajstić information content (AvgIpc) is 2.80. The number of ether oxygens (including phenoxy) is 2. The van der Waals surface area contributed by atoms with Gasteiger partial charge in [0.1, 0.15) is 12.1 Å². The van der Waals surface area contributed by atoms with Crippen LogP contribution in [-0.2, 0) is 18.7 Å². The molecule has 0 N–H and O–H groups in total. The molecule has 0 aliphatic carbocycles. The topological polar surface area (TPSA) is 57.1 Å². The van der Waals surface area contributed by atoms with Crippen LogP contribution >= 0.6 is 34.8 Å². The summed E-state index contributed by atoms with van der Waals surface area (Å²) < 4.78 is 15.4. The molecule has 1 rings (SSSR count). The standard InChI is InChI=1S/C16H28Cl3NO4Si/c1-8-22-12(21)9-11-13(23-14(20-11)16(17,18)19)10(2)24-25(6,7)15(3,4)5/h10-11,13H,8-9H2,1-7H3/t10-,11-,13-/m1/s1. The lowest BCUT2D eigenvalue weighted by Crippen LogP contribution is -2.48. The van der Waals surface area contributed by atoms with Crippen molar-refractivity contribution in [3.05, 3.63) is 0 Å². The van der Waals surface area contributed by atoms with Crippen LogP contribution in [0.4, 0.5) is 0 Å². The molecule has 1 aliphatic rings. The Labute approximate surface area is 166 Å². The maximum atomic E-state index is 11.9. The minimum atomic E-state index is -2.03. The number of hydrogen-bond donors (Lipinski definition) is 0. The van der Waals surface area contributed by atoms with Crippen molar-refractivity contribution in [1.82, 2.24) is 0 Å². The van der Waals surface area contributed by atoms with Gasteiger partial charge in [0, 0.05) is 0 Å². The normalized spacial score (nSPS) is 23.0. The fraction of sp³-hybridized carbons (Fsp3) is 0.875. The van der Waals surface area contributed by atoms with Crippen molar-refractivity contribution in [2.75, 3.05) is 6.61 Å². The molecule has 0 aromatic carbocycles. The molecule has 25 heavy (non-hydrogen) atoms. The summed E-state index contributed by atoms with van der Waals surface area (Å²) in [7, 11) is -2.03. The zero-order valence-corrected chi connectivity index (χ0v) is 19.1. The van der Waals surface area contributed by atoms with Crippen molar-refractivity contribution in [3.63, 3.8) is 0 Å². The molecule has 0 aromatic heterocycles.